The maximum absolute atomic E-state index is 12.4. The van der Waals surface area contributed by atoms with Crippen LogP contribution in [0.1, 0.15) is 18.5 Å². The van der Waals surface area contributed by atoms with Gasteiger partial charge in [-0.05, 0) is 12.5 Å². The van der Waals surface area contributed by atoms with Crippen LogP contribution in [0.25, 0.3) is 0 Å². The van der Waals surface area contributed by atoms with Crippen LogP contribution in [-0.4, -0.2) is 50.8 Å². The molecule has 2 N–H and O–H groups in total. The number of methoxy groups -OCH3 is 2. The quantitative estimate of drug-likeness (QED) is 0.791. The Morgan fingerprint density at radius 2 is 1.86 bits per heavy atom. The van der Waals surface area contributed by atoms with Crippen molar-refractivity contribution in [2.24, 2.45) is 5.73 Å². The molecule has 0 radical (unpaired) electrons. The van der Waals surface area contributed by atoms with Crippen LogP contribution in [0.3, 0.4) is 0 Å². The molecule has 1 aromatic carbocycles. The lowest BCUT2D eigenvalue weighted by atomic mass is 10.1. The number of ether oxygens (including phenoxy) is 2. The molecule has 5 nitrogen and oxygen atoms in total. The Bertz CT molecular complexity index is 403. The van der Waals surface area contributed by atoms with Crippen molar-refractivity contribution in [3.05, 3.63) is 35.9 Å². The molecule has 120 valence electrons. The van der Waals surface area contributed by atoms with Gasteiger partial charge < -0.3 is 20.1 Å². The van der Waals surface area contributed by atoms with Crippen molar-refractivity contribution in [3.8, 4) is 0 Å². The van der Waals surface area contributed by atoms with E-state index >= 15 is 0 Å². The van der Waals surface area contributed by atoms with Gasteiger partial charge in [0.05, 0.1) is 19.3 Å². The highest BCUT2D eigenvalue weighted by atomic mass is 35.5. The minimum absolute atomic E-state index is 0. The minimum atomic E-state index is -0.650. The van der Waals surface area contributed by atoms with Crippen LogP contribution in [0, 0.1) is 0 Å². The molecule has 0 aromatic heterocycles. The highest BCUT2D eigenvalue weighted by molar-refractivity contribution is 5.85. The van der Waals surface area contributed by atoms with E-state index in [0.29, 0.717) is 13.2 Å². The largest absolute Gasteiger partial charge is 0.383 e. The molecular weight excluding hydrogens is 292 g/mol. The van der Waals surface area contributed by atoms with Crippen LogP contribution in [0.5, 0.6) is 0 Å². The third kappa shape index (κ3) is 6.01. The number of nitrogens with two attached hydrogens (primary N) is 1. The van der Waals surface area contributed by atoms with Crippen LogP contribution in [0.2, 0.25) is 0 Å². The van der Waals surface area contributed by atoms with Gasteiger partial charge in [0, 0.05) is 20.8 Å². The predicted molar refractivity (Wildman–Crippen MR) is 85.5 cm³/mol. The normalized spacial score (nSPS) is 13.1. The number of benzene rings is 1. The second-order valence-corrected chi connectivity index (χ2v) is 4.67. The number of hydrogen-bond donors (Lipinski definition) is 1. The minimum Gasteiger partial charge on any atom is -0.383 e. The fourth-order valence-corrected chi connectivity index (χ4v) is 2.06. The van der Waals surface area contributed by atoms with E-state index in [1.807, 2.05) is 37.3 Å². The highest BCUT2D eigenvalue weighted by Gasteiger charge is 2.25. The van der Waals surface area contributed by atoms with E-state index < -0.39 is 6.04 Å². The molecule has 21 heavy (non-hydrogen) atoms. The average Bonchev–Trinajstić information content (AvgIpc) is 2.48. The van der Waals surface area contributed by atoms with Crippen molar-refractivity contribution in [1.29, 1.82) is 0 Å². The zero-order chi connectivity index (χ0) is 15.0. The van der Waals surface area contributed by atoms with Crippen LogP contribution in [0.4, 0.5) is 0 Å². The van der Waals surface area contributed by atoms with Crippen molar-refractivity contribution in [2.75, 3.05) is 34.0 Å². The summed E-state index contributed by atoms with van der Waals surface area (Å²) in [5.41, 5.74) is 6.93. The zero-order valence-corrected chi connectivity index (χ0v) is 13.6. The average molecular weight is 317 g/mol. The van der Waals surface area contributed by atoms with Gasteiger partial charge in [-0.2, -0.15) is 0 Å². The van der Waals surface area contributed by atoms with E-state index in [9.17, 15) is 4.79 Å². The SMILES string of the molecule is COCCN(C(=O)C(N)COC)C(C)c1ccccc1.Cl. The number of rotatable bonds is 8. The third-order valence-electron chi connectivity index (χ3n) is 3.23. The van der Waals surface area contributed by atoms with E-state index in [2.05, 4.69) is 0 Å². The summed E-state index contributed by atoms with van der Waals surface area (Å²) < 4.78 is 10.0. The topological polar surface area (TPSA) is 64.8 Å². The molecule has 2 unspecified atom stereocenters. The summed E-state index contributed by atoms with van der Waals surface area (Å²) in [6.45, 7) is 3.18. The van der Waals surface area contributed by atoms with Crippen molar-refractivity contribution < 1.29 is 14.3 Å². The molecule has 0 aliphatic rings. The van der Waals surface area contributed by atoms with E-state index in [0.717, 1.165) is 5.56 Å². The second kappa shape index (κ2) is 10.6. The molecule has 2 atom stereocenters. The highest BCUT2D eigenvalue weighted by Crippen LogP contribution is 2.20. The maximum atomic E-state index is 12.4. The van der Waals surface area contributed by atoms with E-state index in [-0.39, 0.29) is 31.0 Å². The van der Waals surface area contributed by atoms with Gasteiger partial charge in [0.1, 0.15) is 6.04 Å². The number of carbonyl (C=O) groups is 1. The number of halogens is 1. The summed E-state index contributed by atoms with van der Waals surface area (Å²) in [6, 6.07) is 9.16. The summed E-state index contributed by atoms with van der Waals surface area (Å²) in [5.74, 6) is -0.125. The number of amides is 1. The van der Waals surface area contributed by atoms with Crippen LogP contribution >= 0.6 is 12.4 Å². The van der Waals surface area contributed by atoms with E-state index in [4.69, 9.17) is 15.2 Å². The number of hydrogen-bond acceptors (Lipinski definition) is 4. The van der Waals surface area contributed by atoms with Gasteiger partial charge in [-0.15, -0.1) is 12.4 Å². The first kappa shape index (κ1) is 19.9. The molecule has 0 saturated heterocycles. The Hall–Kier alpha value is -1.14. The fraction of sp³-hybridized carbons (Fsp3) is 0.533. The van der Waals surface area contributed by atoms with Crippen molar-refractivity contribution in [3.63, 3.8) is 0 Å². The van der Waals surface area contributed by atoms with Crippen molar-refractivity contribution in [1.82, 2.24) is 4.90 Å². The van der Waals surface area contributed by atoms with Crippen molar-refractivity contribution >= 4 is 18.3 Å². The second-order valence-electron chi connectivity index (χ2n) is 4.67. The van der Waals surface area contributed by atoms with Gasteiger partial charge in [-0.1, -0.05) is 30.3 Å². The first-order chi connectivity index (χ1) is 9.61. The molecule has 1 aromatic rings. The van der Waals surface area contributed by atoms with Crippen molar-refractivity contribution in [2.45, 2.75) is 19.0 Å². The molecular formula is C15H25ClN2O3. The fourth-order valence-electron chi connectivity index (χ4n) is 2.06. The van der Waals surface area contributed by atoms with E-state index in [1.165, 1.54) is 7.11 Å². The predicted octanol–water partition coefficient (Wildman–Crippen LogP) is 1.62. The Morgan fingerprint density at radius 3 is 2.38 bits per heavy atom. The summed E-state index contributed by atoms with van der Waals surface area (Å²) >= 11 is 0. The molecule has 0 aliphatic carbocycles. The number of nitrogens with zero attached hydrogens (tertiary/aromatic N) is 1. The lowest BCUT2D eigenvalue weighted by molar-refractivity contribution is -0.136. The third-order valence-corrected chi connectivity index (χ3v) is 3.23. The lowest BCUT2D eigenvalue weighted by Crippen LogP contribution is -2.48. The van der Waals surface area contributed by atoms with Gasteiger partial charge >= 0.3 is 0 Å². The molecule has 0 bridgehead atoms. The van der Waals surface area contributed by atoms with Crippen LogP contribution in [-0.2, 0) is 14.3 Å². The van der Waals surface area contributed by atoms with Crippen LogP contribution < -0.4 is 5.73 Å². The molecule has 0 aliphatic heterocycles. The Kier molecular flexibility index (Phi) is 9.99. The molecule has 1 rings (SSSR count). The van der Waals surface area contributed by atoms with Gasteiger partial charge in [0.15, 0.2) is 0 Å². The molecule has 0 heterocycles. The molecule has 1 amide bonds. The van der Waals surface area contributed by atoms with Gasteiger partial charge in [-0.3, -0.25) is 4.79 Å². The smallest absolute Gasteiger partial charge is 0.242 e. The monoisotopic (exact) mass is 316 g/mol. The standard InChI is InChI=1S/C15H24N2O3.ClH/c1-12(13-7-5-4-6-8-13)17(9-10-19-2)15(18)14(16)11-20-3;/h4-8,12,14H,9-11,16H2,1-3H3;1H. The first-order valence-electron chi connectivity index (χ1n) is 6.70. The summed E-state index contributed by atoms with van der Waals surface area (Å²) in [5, 5.41) is 0. The Labute approximate surface area is 132 Å². The van der Waals surface area contributed by atoms with Gasteiger partial charge in [0.2, 0.25) is 5.91 Å². The Morgan fingerprint density at radius 1 is 1.24 bits per heavy atom. The van der Waals surface area contributed by atoms with Gasteiger partial charge in [-0.25, -0.2) is 0 Å². The zero-order valence-electron chi connectivity index (χ0n) is 12.8. The molecule has 0 fully saturated rings. The summed E-state index contributed by atoms with van der Waals surface area (Å²) in [7, 11) is 3.15. The molecule has 0 spiro atoms. The summed E-state index contributed by atoms with van der Waals surface area (Å²) in [4.78, 5) is 14.2. The summed E-state index contributed by atoms with van der Waals surface area (Å²) in [6.07, 6.45) is 0. The Balaban J connectivity index is 0.00000400. The molecule has 6 heteroatoms. The number of carbonyl (C=O) groups excluding carboxylic acids is 1. The van der Waals surface area contributed by atoms with E-state index in [1.54, 1.807) is 12.0 Å². The first-order valence-corrected chi connectivity index (χ1v) is 6.70. The molecule has 0 saturated carbocycles. The lowest BCUT2D eigenvalue weighted by Gasteiger charge is -2.31. The maximum Gasteiger partial charge on any atom is 0.242 e. The van der Waals surface area contributed by atoms with Crippen LogP contribution in [0.15, 0.2) is 30.3 Å². The van der Waals surface area contributed by atoms with Gasteiger partial charge in [0.25, 0.3) is 0 Å².